The number of hydrogen-bond donors (Lipinski definition) is 2. The summed E-state index contributed by atoms with van der Waals surface area (Å²) in [4.78, 5) is 24.2. The number of nitriles is 1. The Hall–Kier alpha value is -3.04. The number of nitrogens with one attached hydrogen (secondary N) is 1. The SMILES string of the molecule is COc1ccc(NC(=O)[C@](C)(C#N)c2ccc(Cl)cc2)cc1C(N)=O. The van der Waals surface area contributed by atoms with Crippen molar-refractivity contribution in [3.05, 3.63) is 58.6 Å². The van der Waals surface area contributed by atoms with Gasteiger partial charge < -0.3 is 15.8 Å². The third-order valence-electron chi connectivity index (χ3n) is 3.82. The standard InChI is InChI=1S/C18H16ClN3O3/c1-18(10-20,11-3-5-12(19)6-4-11)17(24)22-13-7-8-15(25-2)14(9-13)16(21)23/h3-9H,1-2H3,(H2,21,23)(H,22,24)/t18-/m1/s1. The Morgan fingerprint density at radius 3 is 2.40 bits per heavy atom. The Balaban J connectivity index is 2.34. The highest BCUT2D eigenvalue weighted by atomic mass is 35.5. The lowest BCUT2D eigenvalue weighted by molar-refractivity contribution is -0.119. The first-order chi connectivity index (χ1) is 11.8. The van der Waals surface area contributed by atoms with E-state index in [1.807, 2.05) is 6.07 Å². The molecule has 0 aliphatic rings. The molecule has 0 radical (unpaired) electrons. The Kier molecular flexibility index (Phi) is 5.30. The van der Waals surface area contributed by atoms with Crippen molar-refractivity contribution >= 4 is 29.1 Å². The summed E-state index contributed by atoms with van der Waals surface area (Å²) in [5, 5.41) is 12.7. The second-order valence-electron chi connectivity index (χ2n) is 5.48. The van der Waals surface area contributed by atoms with Gasteiger partial charge in [0.1, 0.15) is 5.75 Å². The summed E-state index contributed by atoms with van der Waals surface area (Å²) in [5.41, 5.74) is 4.84. The molecule has 0 saturated heterocycles. The molecule has 0 spiro atoms. The normalized spacial score (nSPS) is 12.6. The molecule has 25 heavy (non-hydrogen) atoms. The van der Waals surface area contributed by atoms with Crippen molar-refractivity contribution in [2.24, 2.45) is 5.73 Å². The maximum atomic E-state index is 12.7. The van der Waals surface area contributed by atoms with Crippen molar-refractivity contribution in [1.82, 2.24) is 0 Å². The molecule has 0 saturated carbocycles. The second kappa shape index (κ2) is 7.24. The topological polar surface area (TPSA) is 105 Å². The molecule has 0 unspecified atom stereocenters. The highest BCUT2D eigenvalue weighted by Gasteiger charge is 2.35. The monoisotopic (exact) mass is 357 g/mol. The molecule has 2 aromatic rings. The molecule has 2 aromatic carbocycles. The zero-order valence-electron chi connectivity index (χ0n) is 13.7. The fourth-order valence-corrected chi connectivity index (χ4v) is 2.39. The fourth-order valence-electron chi connectivity index (χ4n) is 2.26. The van der Waals surface area contributed by atoms with E-state index in [2.05, 4.69) is 5.32 Å². The van der Waals surface area contributed by atoms with Gasteiger partial charge in [-0.25, -0.2) is 0 Å². The lowest BCUT2D eigenvalue weighted by atomic mass is 9.83. The average Bonchev–Trinajstić information content (AvgIpc) is 2.61. The third-order valence-corrected chi connectivity index (χ3v) is 4.07. The predicted molar refractivity (Wildman–Crippen MR) is 94.6 cm³/mol. The van der Waals surface area contributed by atoms with Crippen LogP contribution in [0.15, 0.2) is 42.5 Å². The Bertz CT molecular complexity index is 859. The average molecular weight is 358 g/mol. The first-order valence-electron chi connectivity index (χ1n) is 7.28. The van der Waals surface area contributed by atoms with E-state index in [1.165, 1.54) is 26.2 Å². The molecule has 7 heteroatoms. The molecular weight excluding hydrogens is 342 g/mol. The largest absolute Gasteiger partial charge is 0.496 e. The molecule has 0 aliphatic heterocycles. The first kappa shape index (κ1) is 18.3. The van der Waals surface area contributed by atoms with Crippen molar-refractivity contribution < 1.29 is 14.3 Å². The van der Waals surface area contributed by atoms with Crippen LogP contribution in [0.1, 0.15) is 22.8 Å². The minimum absolute atomic E-state index is 0.130. The molecule has 3 N–H and O–H groups in total. The van der Waals surface area contributed by atoms with Gasteiger partial charge in [0.05, 0.1) is 18.7 Å². The highest BCUT2D eigenvalue weighted by Crippen LogP contribution is 2.28. The zero-order valence-corrected chi connectivity index (χ0v) is 14.4. The summed E-state index contributed by atoms with van der Waals surface area (Å²) in [5.74, 6) is -0.933. The second-order valence-corrected chi connectivity index (χ2v) is 5.91. The molecule has 0 aliphatic carbocycles. The van der Waals surface area contributed by atoms with E-state index in [0.717, 1.165) is 0 Å². The molecule has 0 bridgehead atoms. The number of rotatable bonds is 5. The minimum atomic E-state index is -1.43. The Morgan fingerprint density at radius 2 is 1.88 bits per heavy atom. The number of halogens is 1. The number of amides is 2. The van der Waals surface area contributed by atoms with Crippen LogP contribution in [-0.2, 0) is 10.2 Å². The van der Waals surface area contributed by atoms with Gasteiger partial charge in [-0.1, -0.05) is 23.7 Å². The lowest BCUT2D eigenvalue weighted by Gasteiger charge is -2.21. The van der Waals surface area contributed by atoms with Crippen molar-refractivity contribution in [3.8, 4) is 11.8 Å². The van der Waals surface area contributed by atoms with Gasteiger partial charge >= 0.3 is 0 Å². The highest BCUT2D eigenvalue weighted by molar-refractivity contribution is 6.30. The van der Waals surface area contributed by atoms with Crippen LogP contribution in [0.3, 0.4) is 0 Å². The number of nitrogens with zero attached hydrogens (tertiary/aromatic N) is 1. The fraction of sp³-hybridized carbons (Fsp3) is 0.167. The van der Waals surface area contributed by atoms with Crippen molar-refractivity contribution in [1.29, 1.82) is 5.26 Å². The summed E-state index contributed by atoms with van der Waals surface area (Å²) < 4.78 is 5.06. The molecule has 2 rings (SSSR count). The van der Waals surface area contributed by atoms with E-state index in [9.17, 15) is 14.9 Å². The lowest BCUT2D eigenvalue weighted by Crippen LogP contribution is -2.36. The maximum Gasteiger partial charge on any atom is 0.252 e. The maximum absolute atomic E-state index is 12.7. The van der Waals surface area contributed by atoms with Crippen LogP contribution in [0.5, 0.6) is 5.75 Å². The summed E-state index contributed by atoms with van der Waals surface area (Å²) >= 11 is 5.85. The van der Waals surface area contributed by atoms with Gasteiger partial charge in [0.2, 0.25) is 5.91 Å². The molecule has 0 heterocycles. The molecule has 1 atom stereocenters. The van der Waals surface area contributed by atoms with E-state index in [0.29, 0.717) is 22.0 Å². The number of methoxy groups -OCH3 is 1. The molecule has 0 aromatic heterocycles. The van der Waals surface area contributed by atoms with E-state index in [1.54, 1.807) is 30.3 Å². The number of nitrogens with two attached hydrogens (primary N) is 1. The van der Waals surface area contributed by atoms with Crippen LogP contribution in [-0.4, -0.2) is 18.9 Å². The number of benzene rings is 2. The van der Waals surface area contributed by atoms with Crippen molar-refractivity contribution in [2.45, 2.75) is 12.3 Å². The molecule has 6 nitrogen and oxygen atoms in total. The van der Waals surface area contributed by atoms with Crippen LogP contribution >= 0.6 is 11.6 Å². The molecule has 128 valence electrons. The predicted octanol–water partition coefficient (Wildman–Crippen LogP) is 2.87. The number of carbonyl (C=O) groups excluding carboxylic acids is 2. The third kappa shape index (κ3) is 3.73. The summed E-state index contributed by atoms with van der Waals surface area (Å²) in [6.45, 7) is 1.50. The number of hydrogen-bond acceptors (Lipinski definition) is 4. The number of anilines is 1. The van der Waals surface area contributed by atoms with E-state index < -0.39 is 17.2 Å². The van der Waals surface area contributed by atoms with Gasteiger partial charge in [0.25, 0.3) is 5.91 Å². The molecule has 2 amide bonds. The summed E-state index contributed by atoms with van der Waals surface area (Å²) in [6.07, 6.45) is 0. The van der Waals surface area contributed by atoms with E-state index >= 15 is 0 Å². The van der Waals surface area contributed by atoms with Crippen LogP contribution in [0.25, 0.3) is 0 Å². The number of primary amides is 1. The molecule has 0 fully saturated rings. The van der Waals surface area contributed by atoms with Gasteiger partial charge in [-0.2, -0.15) is 5.26 Å². The van der Waals surface area contributed by atoms with Crippen molar-refractivity contribution in [3.63, 3.8) is 0 Å². The number of ether oxygens (including phenoxy) is 1. The Morgan fingerprint density at radius 1 is 1.24 bits per heavy atom. The minimum Gasteiger partial charge on any atom is -0.496 e. The van der Waals surface area contributed by atoms with Gasteiger partial charge in [0.15, 0.2) is 5.41 Å². The van der Waals surface area contributed by atoms with Crippen LogP contribution in [0.4, 0.5) is 5.69 Å². The van der Waals surface area contributed by atoms with Crippen LogP contribution < -0.4 is 15.8 Å². The van der Waals surface area contributed by atoms with E-state index in [-0.39, 0.29) is 5.56 Å². The smallest absolute Gasteiger partial charge is 0.252 e. The Labute approximate surface area is 150 Å². The van der Waals surface area contributed by atoms with Crippen LogP contribution in [0.2, 0.25) is 5.02 Å². The van der Waals surface area contributed by atoms with Crippen molar-refractivity contribution in [2.75, 3.05) is 12.4 Å². The van der Waals surface area contributed by atoms with Gasteiger partial charge in [-0.15, -0.1) is 0 Å². The number of carbonyl (C=O) groups is 2. The van der Waals surface area contributed by atoms with Gasteiger partial charge in [0, 0.05) is 10.7 Å². The first-order valence-corrected chi connectivity index (χ1v) is 7.66. The van der Waals surface area contributed by atoms with E-state index in [4.69, 9.17) is 22.1 Å². The quantitative estimate of drug-likeness (QED) is 0.858. The van der Waals surface area contributed by atoms with Gasteiger partial charge in [-0.05, 0) is 42.8 Å². The summed E-state index contributed by atoms with van der Waals surface area (Å²) in [6, 6.07) is 13.0. The summed E-state index contributed by atoms with van der Waals surface area (Å²) in [7, 11) is 1.41. The zero-order chi connectivity index (χ0) is 18.6. The molecular formula is C18H16ClN3O3. The van der Waals surface area contributed by atoms with Gasteiger partial charge in [-0.3, -0.25) is 9.59 Å². The van der Waals surface area contributed by atoms with Crippen LogP contribution in [0, 0.1) is 11.3 Å².